The molecule has 1 N–H and O–H groups in total. The summed E-state index contributed by atoms with van der Waals surface area (Å²) in [6, 6.07) is 2.44. The number of hydrogen-bond donors (Lipinski definition) is 1. The predicted molar refractivity (Wildman–Crippen MR) is 70.1 cm³/mol. The van der Waals surface area contributed by atoms with Crippen LogP contribution in [0.2, 0.25) is 0 Å². The molecule has 0 spiro atoms. The Balaban J connectivity index is 2.43. The highest BCUT2D eigenvalue weighted by molar-refractivity contribution is 5.01. The van der Waals surface area contributed by atoms with E-state index < -0.39 is 0 Å². The molecule has 0 aliphatic carbocycles. The second kappa shape index (κ2) is 6.77. The first-order valence-corrected chi connectivity index (χ1v) is 6.39. The van der Waals surface area contributed by atoms with Gasteiger partial charge in [-0.05, 0) is 46.5 Å². The molecule has 0 bridgehead atoms. The van der Waals surface area contributed by atoms with Crippen LogP contribution in [0, 0.1) is 0 Å². The van der Waals surface area contributed by atoms with Crippen molar-refractivity contribution in [3.63, 3.8) is 0 Å². The monoisotopic (exact) mass is 239 g/mol. The summed E-state index contributed by atoms with van der Waals surface area (Å²) in [5.74, 6) is 0. The van der Waals surface area contributed by atoms with E-state index in [4.69, 9.17) is 0 Å². The van der Waals surface area contributed by atoms with Gasteiger partial charge in [-0.15, -0.1) is 0 Å². The molecule has 1 heterocycles. The first-order chi connectivity index (χ1) is 8.02. The van der Waals surface area contributed by atoms with Crippen LogP contribution in [0.1, 0.15) is 38.4 Å². The van der Waals surface area contributed by atoms with Gasteiger partial charge >= 0.3 is 0 Å². The molecule has 0 radical (unpaired) electrons. The molecule has 1 aromatic heterocycles. The summed E-state index contributed by atoms with van der Waals surface area (Å²) in [5.41, 5.74) is 0.983. The Labute approximate surface area is 104 Å². The van der Waals surface area contributed by atoms with Crippen LogP contribution in [0.4, 0.5) is 0 Å². The molecule has 0 saturated carbocycles. The molecule has 0 saturated heterocycles. The predicted octanol–water partition coefficient (Wildman–Crippen LogP) is 1.71. The maximum atomic E-state index is 9.88. The van der Waals surface area contributed by atoms with Gasteiger partial charge in [0.15, 0.2) is 0 Å². The van der Waals surface area contributed by atoms with Crippen LogP contribution in [-0.2, 0) is 6.42 Å². The van der Waals surface area contributed by atoms with E-state index in [2.05, 4.69) is 23.8 Å². The van der Waals surface area contributed by atoms with Gasteiger partial charge in [-0.2, -0.15) is 5.10 Å². The minimum absolute atomic E-state index is 0.294. The van der Waals surface area contributed by atoms with E-state index in [9.17, 15) is 5.11 Å². The molecule has 4 heteroatoms. The fourth-order valence-electron chi connectivity index (χ4n) is 1.67. The molecule has 0 fully saturated rings. The van der Waals surface area contributed by atoms with Gasteiger partial charge in [0.2, 0.25) is 0 Å². The summed E-state index contributed by atoms with van der Waals surface area (Å²) in [4.78, 5) is 2.08. The zero-order valence-corrected chi connectivity index (χ0v) is 11.4. The second-order valence-electron chi connectivity index (χ2n) is 4.99. The van der Waals surface area contributed by atoms with Gasteiger partial charge < -0.3 is 10.0 Å². The van der Waals surface area contributed by atoms with Crippen molar-refractivity contribution in [1.29, 1.82) is 0 Å². The lowest BCUT2D eigenvalue weighted by atomic mass is 10.1. The van der Waals surface area contributed by atoms with Crippen molar-refractivity contribution in [2.45, 2.75) is 45.3 Å². The van der Waals surface area contributed by atoms with Crippen molar-refractivity contribution in [2.24, 2.45) is 0 Å². The molecule has 2 unspecified atom stereocenters. The van der Waals surface area contributed by atoms with E-state index in [1.807, 2.05) is 31.0 Å². The Morgan fingerprint density at radius 3 is 2.76 bits per heavy atom. The molecule has 0 aliphatic heterocycles. The summed E-state index contributed by atoms with van der Waals surface area (Å²) in [6.45, 7) is 5.21. The van der Waals surface area contributed by atoms with Gasteiger partial charge in [-0.25, -0.2) is 0 Å². The molecule has 98 valence electrons. The minimum atomic E-state index is -0.294. The van der Waals surface area contributed by atoms with Crippen LogP contribution < -0.4 is 0 Å². The number of aromatic nitrogens is 2. The fraction of sp³-hybridized carbons (Fsp3) is 0.769. The zero-order chi connectivity index (χ0) is 12.8. The average molecular weight is 239 g/mol. The fourth-order valence-corrected chi connectivity index (χ4v) is 1.67. The molecular formula is C13H25N3O. The summed E-state index contributed by atoms with van der Waals surface area (Å²) in [5, 5.41) is 14.4. The maximum Gasteiger partial charge on any atom is 0.0650 e. The van der Waals surface area contributed by atoms with E-state index in [0.29, 0.717) is 12.5 Å². The lowest BCUT2D eigenvalue weighted by molar-refractivity contribution is 0.151. The Bertz CT molecular complexity index is 322. The van der Waals surface area contributed by atoms with Crippen molar-refractivity contribution in [3.05, 3.63) is 18.0 Å². The highest BCUT2D eigenvalue weighted by Gasteiger charge is 2.10. The smallest absolute Gasteiger partial charge is 0.0650 e. The number of rotatable bonds is 7. The number of nitrogens with zero attached hydrogens (tertiary/aromatic N) is 3. The van der Waals surface area contributed by atoms with Gasteiger partial charge in [0.25, 0.3) is 0 Å². The first-order valence-electron chi connectivity index (χ1n) is 6.39. The Hall–Kier alpha value is -0.870. The van der Waals surface area contributed by atoms with E-state index in [1.165, 1.54) is 0 Å². The second-order valence-corrected chi connectivity index (χ2v) is 4.99. The van der Waals surface area contributed by atoms with E-state index in [-0.39, 0.29) is 6.10 Å². The Morgan fingerprint density at radius 1 is 1.47 bits per heavy atom. The van der Waals surface area contributed by atoms with Crippen molar-refractivity contribution in [1.82, 2.24) is 14.7 Å². The molecule has 4 nitrogen and oxygen atoms in total. The van der Waals surface area contributed by atoms with Crippen molar-refractivity contribution in [2.75, 3.05) is 20.6 Å². The number of hydrogen-bond acceptors (Lipinski definition) is 3. The van der Waals surface area contributed by atoms with Gasteiger partial charge in [0.1, 0.15) is 0 Å². The first kappa shape index (κ1) is 14.2. The van der Waals surface area contributed by atoms with Gasteiger partial charge in [-0.1, -0.05) is 6.92 Å². The van der Waals surface area contributed by atoms with Crippen LogP contribution in [0.25, 0.3) is 0 Å². The SMILES string of the molecule is CCC(C)n1ccc(CC(O)CCN(C)C)n1. The number of aliphatic hydroxyl groups is 1. The molecule has 1 aromatic rings. The van der Waals surface area contributed by atoms with Crippen LogP contribution in [-0.4, -0.2) is 46.5 Å². The molecule has 2 atom stereocenters. The van der Waals surface area contributed by atoms with Gasteiger partial charge in [-0.3, -0.25) is 4.68 Å². The van der Waals surface area contributed by atoms with Crippen molar-refractivity contribution >= 4 is 0 Å². The van der Waals surface area contributed by atoms with Crippen LogP contribution in [0.15, 0.2) is 12.3 Å². The minimum Gasteiger partial charge on any atom is -0.393 e. The lowest BCUT2D eigenvalue weighted by Crippen LogP contribution is -2.21. The largest absolute Gasteiger partial charge is 0.393 e. The molecule has 17 heavy (non-hydrogen) atoms. The maximum absolute atomic E-state index is 9.88. The van der Waals surface area contributed by atoms with Crippen LogP contribution in [0.5, 0.6) is 0 Å². The third-order valence-electron chi connectivity index (χ3n) is 3.06. The van der Waals surface area contributed by atoms with Crippen LogP contribution in [0.3, 0.4) is 0 Å². The highest BCUT2D eigenvalue weighted by Crippen LogP contribution is 2.11. The standard InChI is InChI=1S/C13H25N3O/c1-5-11(2)16-9-6-12(14-16)10-13(17)7-8-15(3)4/h6,9,11,13,17H,5,7-8,10H2,1-4H3. The summed E-state index contributed by atoms with van der Waals surface area (Å²) < 4.78 is 1.98. The number of aliphatic hydroxyl groups excluding tert-OH is 1. The molecule has 1 rings (SSSR count). The average Bonchev–Trinajstić information content (AvgIpc) is 2.73. The molecule has 0 amide bonds. The zero-order valence-electron chi connectivity index (χ0n) is 11.4. The van der Waals surface area contributed by atoms with E-state index in [0.717, 1.165) is 25.1 Å². The third-order valence-corrected chi connectivity index (χ3v) is 3.06. The van der Waals surface area contributed by atoms with Gasteiger partial charge in [0.05, 0.1) is 11.8 Å². The quantitative estimate of drug-likeness (QED) is 0.787. The van der Waals surface area contributed by atoms with Crippen molar-refractivity contribution < 1.29 is 5.11 Å². The lowest BCUT2D eigenvalue weighted by Gasteiger charge is -2.13. The van der Waals surface area contributed by atoms with Gasteiger partial charge in [0, 0.05) is 18.7 Å². The highest BCUT2D eigenvalue weighted by atomic mass is 16.3. The van der Waals surface area contributed by atoms with E-state index >= 15 is 0 Å². The topological polar surface area (TPSA) is 41.3 Å². The van der Waals surface area contributed by atoms with E-state index in [1.54, 1.807) is 0 Å². The summed E-state index contributed by atoms with van der Waals surface area (Å²) in [7, 11) is 4.04. The third kappa shape index (κ3) is 4.88. The molecule has 0 aromatic carbocycles. The Morgan fingerprint density at radius 2 is 2.18 bits per heavy atom. The Kier molecular flexibility index (Phi) is 5.65. The summed E-state index contributed by atoms with van der Waals surface area (Å²) >= 11 is 0. The normalized spacial score (nSPS) is 15.2. The molecular weight excluding hydrogens is 214 g/mol. The summed E-state index contributed by atoms with van der Waals surface area (Å²) in [6.07, 6.45) is 4.23. The van der Waals surface area contributed by atoms with Crippen LogP contribution >= 0.6 is 0 Å². The molecule has 0 aliphatic rings. The van der Waals surface area contributed by atoms with Crippen molar-refractivity contribution in [3.8, 4) is 0 Å².